The van der Waals surface area contributed by atoms with Crippen LogP contribution in [0.15, 0.2) is 6.07 Å². The Bertz CT molecular complexity index is 445. The van der Waals surface area contributed by atoms with Crippen molar-refractivity contribution < 1.29 is 0 Å². The number of rotatable bonds is 4. The van der Waals surface area contributed by atoms with Crippen molar-refractivity contribution in [3.8, 4) is 6.07 Å². The first-order chi connectivity index (χ1) is 8.38. The smallest absolute Gasteiger partial charge is 0.137 e. The molecule has 1 rings (SSSR count). The zero-order chi connectivity index (χ0) is 13.8. The molecule has 0 aliphatic carbocycles. The standard InChI is InChI=1S/C13H19ClN4/c1-5-18(8-6-7-15)11-9-10(14)16-12(17-11)13(2,3)4/h9H,5-6,8H2,1-4H3. The van der Waals surface area contributed by atoms with Crippen LogP contribution in [0.5, 0.6) is 0 Å². The summed E-state index contributed by atoms with van der Waals surface area (Å²) in [7, 11) is 0. The molecule has 1 aromatic heterocycles. The Hall–Kier alpha value is -1.34. The van der Waals surface area contributed by atoms with Crippen molar-refractivity contribution >= 4 is 17.4 Å². The quantitative estimate of drug-likeness (QED) is 0.786. The lowest BCUT2D eigenvalue weighted by atomic mass is 9.96. The average molecular weight is 267 g/mol. The van der Waals surface area contributed by atoms with Gasteiger partial charge in [-0.25, -0.2) is 9.97 Å². The molecular formula is C13H19ClN4. The van der Waals surface area contributed by atoms with E-state index in [1.54, 1.807) is 6.07 Å². The van der Waals surface area contributed by atoms with Gasteiger partial charge in [0.05, 0.1) is 12.5 Å². The molecule has 1 heterocycles. The Morgan fingerprint density at radius 1 is 1.39 bits per heavy atom. The summed E-state index contributed by atoms with van der Waals surface area (Å²) in [4.78, 5) is 10.8. The normalized spacial score (nSPS) is 11.1. The molecule has 0 N–H and O–H groups in total. The van der Waals surface area contributed by atoms with Crippen molar-refractivity contribution in [3.05, 3.63) is 17.0 Å². The van der Waals surface area contributed by atoms with E-state index >= 15 is 0 Å². The fraction of sp³-hybridized carbons (Fsp3) is 0.615. The van der Waals surface area contributed by atoms with E-state index in [-0.39, 0.29) is 5.41 Å². The van der Waals surface area contributed by atoms with Gasteiger partial charge in [0.2, 0.25) is 0 Å². The summed E-state index contributed by atoms with van der Waals surface area (Å²) in [5.74, 6) is 1.51. The second-order valence-corrected chi connectivity index (χ2v) is 5.50. The number of hydrogen-bond donors (Lipinski definition) is 0. The summed E-state index contributed by atoms with van der Waals surface area (Å²) in [6, 6.07) is 3.89. The van der Waals surface area contributed by atoms with E-state index < -0.39 is 0 Å². The van der Waals surface area contributed by atoms with E-state index in [0.29, 0.717) is 18.1 Å². The van der Waals surface area contributed by atoms with E-state index in [9.17, 15) is 0 Å². The largest absolute Gasteiger partial charge is 0.356 e. The monoisotopic (exact) mass is 266 g/mol. The molecule has 0 aliphatic heterocycles. The molecule has 18 heavy (non-hydrogen) atoms. The van der Waals surface area contributed by atoms with E-state index in [1.165, 1.54) is 0 Å². The first-order valence-electron chi connectivity index (χ1n) is 6.05. The van der Waals surface area contributed by atoms with Crippen LogP contribution >= 0.6 is 11.6 Å². The number of anilines is 1. The van der Waals surface area contributed by atoms with Crippen molar-refractivity contribution in [2.24, 2.45) is 0 Å². The second-order valence-electron chi connectivity index (χ2n) is 5.11. The van der Waals surface area contributed by atoms with Crippen LogP contribution in [0.3, 0.4) is 0 Å². The van der Waals surface area contributed by atoms with Gasteiger partial charge in [0.25, 0.3) is 0 Å². The van der Waals surface area contributed by atoms with Crippen molar-refractivity contribution in [1.29, 1.82) is 5.26 Å². The molecular weight excluding hydrogens is 248 g/mol. The van der Waals surface area contributed by atoms with Gasteiger partial charge in [0, 0.05) is 24.6 Å². The predicted octanol–water partition coefficient (Wildman–Crippen LogP) is 3.17. The van der Waals surface area contributed by atoms with Crippen molar-refractivity contribution in [2.45, 2.75) is 39.5 Å². The summed E-state index contributed by atoms with van der Waals surface area (Å²) in [5.41, 5.74) is -0.145. The minimum absolute atomic E-state index is 0.145. The highest BCUT2D eigenvalue weighted by Gasteiger charge is 2.20. The lowest BCUT2D eigenvalue weighted by Crippen LogP contribution is -2.26. The first kappa shape index (κ1) is 14.7. The minimum Gasteiger partial charge on any atom is -0.356 e. The minimum atomic E-state index is -0.145. The molecule has 0 saturated carbocycles. The van der Waals surface area contributed by atoms with Crippen LogP contribution in [0.1, 0.15) is 39.9 Å². The van der Waals surface area contributed by atoms with Crippen LogP contribution in [0.25, 0.3) is 0 Å². The molecule has 5 heteroatoms. The van der Waals surface area contributed by atoms with Crippen LogP contribution < -0.4 is 4.90 Å². The maximum atomic E-state index is 8.66. The Balaban J connectivity index is 3.08. The van der Waals surface area contributed by atoms with Gasteiger partial charge >= 0.3 is 0 Å². The molecule has 0 atom stereocenters. The second kappa shape index (κ2) is 6.01. The van der Waals surface area contributed by atoms with Gasteiger partial charge in [-0.1, -0.05) is 32.4 Å². The SMILES string of the molecule is CCN(CCC#N)c1cc(Cl)nc(C(C)(C)C)n1. The molecule has 0 saturated heterocycles. The predicted molar refractivity (Wildman–Crippen MR) is 73.9 cm³/mol. The van der Waals surface area contributed by atoms with Crippen molar-refractivity contribution in [3.63, 3.8) is 0 Å². The van der Waals surface area contributed by atoms with E-state index in [4.69, 9.17) is 16.9 Å². The number of hydrogen-bond acceptors (Lipinski definition) is 4. The third-order valence-electron chi connectivity index (χ3n) is 2.55. The molecule has 98 valence electrons. The highest BCUT2D eigenvalue weighted by molar-refractivity contribution is 6.29. The topological polar surface area (TPSA) is 52.8 Å². The third kappa shape index (κ3) is 3.85. The maximum Gasteiger partial charge on any atom is 0.137 e. The number of nitriles is 1. The molecule has 0 amide bonds. The summed E-state index contributed by atoms with van der Waals surface area (Å²) >= 11 is 6.05. The summed E-state index contributed by atoms with van der Waals surface area (Å²) in [6.45, 7) is 9.63. The molecule has 4 nitrogen and oxygen atoms in total. The van der Waals surface area contributed by atoms with Gasteiger partial charge in [0.15, 0.2) is 0 Å². The maximum absolute atomic E-state index is 8.66. The highest BCUT2D eigenvalue weighted by atomic mass is 35.5. The van der Waals surface area contributed by atoms with Gasteiger partial charge in [0.1, 0.15) is 16.8 Å². The van der Waals surface area contributed by atoms with Gasteiger partial charge in [-0.05, 0) is 6.92 Å². The molecule has 0 unspecified atom stereocenters. The molecule has 0 bridgehead atoms. The third-order valence-corrected chi connectivity index (χ3v) is 2.75. The molecule has 0 spiro atoms. The molecule has 0 aliphatic rings. The summed E-state index contributed by atoms with van der Waals surface area (Å²) < 4.78 is 0. The number of aromatic nitrogens is 2. The zero-order valence-electron chi connectivity index (χ0n) is 11.4. The molecule has 1 aromatic rings. The van der Waals surface area contributed by atoms with Gasteiger partial charge in [-0.3, -0.25) is 0 Å². The zero-order valence-corrected chi connectivity index (χ0v) is 12.1. The van der Waals surface area contributed by atoms with Crippen LogP contribution in [0.2, 0.25) is 5.15 Å². The fourth-order valence-electron chi connectivity index (χ4n) is 1.52. The summed E-state index contributed by atoms with van der Waals surface area (Å²) in [6.07, 6.45) is 0.473. The van der Waals surface area contributed by atoms with E-state index in [1.807, 2.05) is 32.6 Å². The lowest BCUT2D eigenvalue weighted by Gasteiger charge is -2.24. The molecule has 0 fully saturated rings. The van der Waals surface area contributed by atoms with Crippen molar-refractivity contribution in [1.82, 2.24) is 9.97 Å². The van der Waals surface area contributed by atoms with Gasteiger partial charge in [-0.15, -0.1) is 0 Å². The Morgan fingerprint density at radius 3 is 2.56 bits per heavy atom. The average Bonchev–Trinajstić information content (AvgIpc) is 2.28. The van der Waals surface area contributed by atoms with Gasteiger partial charge < -0.3 is 4.90 Å². The molecule has 0 aromatic carbocycles. The Kier molecular flexibility index (Phi) is 4.92. The lowest BCUT2D eigenvalue weighted by molar-refractivity contribution is 0.544. The molecule has 0 radical (unpaired) electrons. The number of nitrogens with zero attached hydrogens (tertiary/aromatic N) is 4. The van der Waals surface area contributed by atoms with E-state index in [0.717, 1.165) is 18.2 Å². The van der Waals surface area contributed by atoms with Crippen molar-refractivity contribution in [2.75, 3.05) is 18.0 Å². The van der Waals surface area contributed by atoms with E-state index in [2.05, 4.69) is 16.0 Å². The van der Waals surface area contributed by atoms with Crippen LogP contribution in [0, 0.1) is 11.3 Å². The summed E-state index contributed by atoms with van der Waals surface area (Å²) in [5, 5.41) is 9.11. The van der Waals surface area contributed by atoms with Crippen LogP contribution in [0.4, 0.5) is 5.82 Å². The number of halogens is 1. The van der Waals surface area contributed by atoms with Crippen LogP contribution in [-0.4, -0.2) is 23.1 Å². The van der Waals surface area contributed by atoms with Gasteiger partial charge in [-0.2, -0.15) is 5.26 Å². The fourth-order valence-corrected chi connectivity index (χ4v) is 1.70. The van der Waals surface area contributed by atoms with Crippen LogP contribution in [-0.2, 0) is 5.41 Å². The highest BCUT2D eigenvalue weighted by Crippen LogP contribution is 2.24. The Morgan fingerprint density at radius 2 is 2.06 bits per heavy atom. The Labute approximate surface area is 114 Å². The first-order valence-corrected chi connectivity index (χ1v) is 6.43.